The van der Waals surface area contributed by atoms with Crippen LogP contribution in [0.5, 0.6) is 5.75 Å². The highest BCUT2D eigenvalue weighted by Gasteiger charge is 2.17. The van der Waals surface area contributed by atoms with Gasteiger partial charge in [0.25, 0.3) is 5.91 Å². The lowest BCUT2D eigenvalue weighted by atomic mass is 10.1. The summed E-state index contributed by atoms with van der Waals surface area (Å²) in [6.07, 6.45) is 0.466. The van der Waals surface area contributed by atoms with E-state index in [2.05, 4.69) is 15.6 Å². The number of anilines is 2. The third-order valence-electron chi connectivity index (χ3n) is 4.48. The van der Waals surface area contributed by atoms with Crippen LogP contribution in [0.25, 0.3) is 11.3 Å². The van der Waals surface area contributed by atoms with Gasteiger partial charge in [-0.2, -0.15) is 0 Å². The van der Waals surface area contributed by atoms with Crippen molar-refractivity contribution >= 4 is 45.7 Å². The Labute approximate surface area is 176 Å². The van der Waals surface area contributed by atoms with Gasteiger partial charge in [-0.15, -0.1) is 23.1 Å². The second-order valence-corrected chi connectivity index (χ2v) is 8.80. The lowest BCUT2D eigenvalue weighted by Crippen LogP contribution is -2.14. The number of ether oxygens (including phenoxy) is 1. The number of aryl methyl sites for hydroxylation is 1. The van der Waals surface area contributed by atoms with Crippen LogP contribution in [0.3, 0.4) is 0 Å². The van der Waals surface area contributed by atoms with Crippen LogP contribution in [0.4, 0.5) is 10.8 Å². The maximum absolute atomic E-state index is 12.7. The van der Waals surface area contributed by atoms with Gasteiger partial charge in [-0.3, -0.25) is 14.9 Å². The fraction of sp³-hybridized carbons (Fsp3) is 0.190. The van der Waals surface area contributed by atoms with Gasteiger partial charge in [0, 0.05) is 33.1 Å². The van der Waals surface area contributed by atoms with Gasteiger partial charge in [-0.25, -0.2) is 4.98 Å². The van der Waals surface area contributed by atoms with Crippen molar-refractivity contribution in [2.75, 3.05) is 23.5 Å². The number of hydrogen-bond acceptors (Lipinski definition) is 6. The number of hydrogen-bond donors (Lipinski definition) is 2. The molecule has 0 fully saturated rings. The van der Waals surface area contributed by atoms with Crippen molar-refractivity contribution in [1.82, 2.24) is 4.98 Å². The van der Waals surface area contributed by atoms with Crippen molar-refractivity contribution < 1.29 is 14.3 Å². The van der Waals surface area contributed by atoms with Gasteiger partial charge < -0.3 is 10.1 Å². The number of aromatic nitrogens is 1. The average Bonchev–Trinajstić information content (AvgIpc) is 2.97. The minimum Gasteiger partial charge on any atom is -0.497 e. The first-order valence-corrected chi connectivity index (χ1v) is 10.8. The molecule has 0 saturated heterocycles. The Hall–Kier alpha value is -2.84. The smallest absolute Gasteiger partial charge is 0.257 e. The van der Waals surface area contributed by atoms with Crippen molar-refractivity contribution in [3.05, 3.63) is 52.9 Å². The Balaban J connectivity index is 1.54. The van der Waals surface area contributed by atoms with E-state index in [1.54, 1.807) is 31.0 Å². The molecule has 1 aromatic heterocycles. The summed E-state index contributed by atoms with van der Waals surface area (Å²) in [5.41, 5.74) is 2.95. The fourth-order valence-electron chi connectivity index (χ4n) is 3.00. The molecule has 0 spiro atoms. The number of thiazole rings is 1. The highest BCUT2D eigenvalue weighted by molar-refractivity contribution is 7.99. The molecular weight excluding hydrogens is 406 g/mol. The highest BCUT2D eigenvalue weighted by Crippen LogP contribution is 2.33. The van der Waals surface area contributed by atoms with Gasteiger partial charge in [-0.1, -0.05) is 0 Å². The molecule has 0 bridgehead atoms. The van der Waals surface area contributed by atoms with Crippen molar-refractivity contribution in [1.29, 1.82) is 0 Å². The molecule has 8 heteroatoms. The molecule has 0 atom stereocenters. The number of methoxy groups -OCH3 is 1. The molecular formula is C21H19N3O3S2. The van der Waals surface area contributed by atoms with E-state index < -0.39 is 0 Å². The number of benzene rings is 2. The maximum atomic E-state index is 12.7. The molecule has 2 amide bonds. The van der Waals surface area contributed by atoms with E-state index in [4.69, 9.17) is 4.74 Å². The molecule has 1 aliphatic heterocycles. The van der Waals surface area contributed by atoms with Gasteiger partial charge >= 0.3 is 0 Å². The minimum atomic E-state index is -0.258. The van der Waals surface area contributed by atoms with Gasteiger partial charge in [0.1, 0.15) is 5.75 Å². The van der Waals surface area contributed by atoms with Crippen LogP contribution in [0.1, 0.15) is 21.7 Å². The topological polar surface area (TPSA) is 80.3 Å². The molecule has 0 radical (unpaired) electrons. The number of nitrogens with zero attached hydrogens (tertiary/aromatic N) is 1. The molecule has 0 aliphatic carbocycles. The second-order valence-electron chi connectivity index (χ2n) is 6.46. The SMILES string of the molecule is COc1ccc(-c2nc(NC(=O)c3ccc4c(c3)NC(=O)CCS4)sc2C)cc1. The van der Waals surface area contributed by atoms with E-state index >= 15 is 0 Å². The molecule has 1 aliphatic rings. The molecule has 2 N–H and O–H groups in total. The van der Waals surface area contributed by atoms with E-state index in [1.165, 1.54) is 11.3 Å². The molecule has 0 saturated carbocycles. The highest BCUT2D eigenvalue weighted by atomic mass is 32.2. The quantitative estimate of drug-likeness (QED) is 0.627. The summed E-state index contributed by atoms with van der Waals surface area (Å²) in [7, 11) is 1.63. The lowest BCUT2D eigenvalue weighted by molar-refractivity contribution is -0.115. The normalized spacial score (nSPS) is 13.2. The first-order valence-electron chi connectivity index (χ1n) is 9.03. The third-order valence-corrected chi connectivity index (χ3v) is 6.44. The summed E-state index contributed by atoms with van der Waals surface area (Å²) >= 11 is 3.04. The summed E-state index contributed by atoms with van der Waals surface area (Å²) in [6.45, 7) is 1.97. The summed E-state index contributed by atoms with van der Waals surface area (Å²) in [5, 5.41) is 6.27. The number of fused-ring (bicyclic) bond motifs is 1. The van der Waals surface area contributed by atoms with E-state index in [9.17, 15) is 9.59 Å². The zero-order chi connectivity index (χ0) is 20.4. The Morgan fingerprint density at radius 1 is 1.21 bits per heavy atom. The Morgan fingerprint density at radius 3 is 2.76 bits per heavy atom. The van der Waals surface area contributed by atoms with Gasteiger partial charge in [0.05, 0.1) is 18.5 Å². The van der Waals surface area contributed by atoms with Crippen LogP contribution in [0.15, 0.2) is 47.4 Å². The molecule has 148 valence electrons. The molecule has 4 rings (SSSR count). The van der Waals surface area contributed by atoms with E-state index in [-0.39, 0.29) is 11.8 Å². The molecule has 3 aromatic rings. The molecule has 0 unspecified atom stereocenters. The predicted octanol–water partition coefficient (Wildman–Crippen LogP) is 4.81. The van der Waals surface area contributed by atoms with E-state index in [1.807, 2.05) is 37.3 Å². The number of rotatable bonds is 4. The Morgan fingerprint density at radius 2 is 2.00 bits per heavy atom. The average molecular weight is 426 g/mol. The van der Waals surface area contributed by atoms with Crippen molar-refractivity contribution in [2.24, 2.45) is 0 Å². The fourth-order valence-corrected chi connectivity index (χ4v) is 4.77. The van der Waals surface area contributed by atoms with Crippen molar-refractivity contribution in [3.63, 3.8) is 0 Å². The second kappa shape index (κ2) is 8.26. The number of carbonyl (C=O) groups is 2. The molecule has 2 aromatic carbocycles. The van der Waals surface area contributed by atoms with Gasteiger partial charge in [0.15, 0.2) is 5.13 Å². The molecule has 29 heavy (non-hydrogen) atoms. The Kier molecular flexibility index (Phi) is 5.55. The monoisotopic (exact) mass is 425 g/mol. The summed E-state index contributed by atoms with van der Waals surface area (Å²) in [4.78, 5) is 31.1. The van der Waals surface area contributed by atoms with Crippen molar-refractivity contribution in [3.8, 4) is 17.0 Å². The summed E-state index contributed by atoms with van der Waals surface area (Å²) in [5.74, 6) is 1.22. The van der Waals surface area contributed by atoms with Crippen LogP contribution in [0.2, 0.25) is 0 Å². The summed E-state index contributed by atoms with van der Waals surface area (Å²) in [6, 6.07) is 13.0. The largest absolute Gasteiger partial charge is 0.497 e. The Bertz CT molecular complexity index is 1080. The van der Waals surface area contributed by atoms with Crippen molar-refractivity contribution in [2.45, 2.75) is 18.2 Å². The van der Waals surface area contributed by atoms with Crippen LogP contribution >= 0.6 is 23.1 Å². The number of amides is 2. The molecule has 6 nitrogen and oxygen atoms in total. The van der Waals surface area contributed by atoms with Crippen LogP contribution < -0.4 is 15.4 Å². The number of carbonyl (C=O) groups excluding carboxylic acids is 2. The minimum absolute atomic E-state index is 0.0338. The number of thioether (sulfide) groups is 1. The van der Waals surface area contributed by atoms with Crippen LogP contribution in [-0.4, -0.2) is 29.7 Å². The molecule has 2 heterocycles. The van der Waals surface area contributed by atoms with E-state index in [0.717, 1.165) is 32.5 Å². The summed E-state index contributed by atoms with van der Waals surface area (Å²) < 4.78 is 5.19. The standard InChI is InChI=1S/C21H19N3O3S2/c1-12-19(13-3-6-15(27-2)7-4-13)23-21(29-12)24-20(26)14-5-8-17-16(11-14)22-18(25)9-10-28-17/h3-8,11H,9-10H2,1-2H3,(H,22,25)(H,23,24,26). The maximum Gasteiger partial charge on any atom is 0.257 e. The van der Waals surface area contributed by atoms with Gasteiger partial charge in [0.2, 0.25) is 5.91 Å². The van der Waals surface area contributed by atoms with Crippen LogP contribution in [0, 0.1) is 6.92 Å². The number of nitrogens with one attached hydrogen (secondary N) is 2. The zero-order valence-corrected chi connectivity index (χ0v) is 17.6. The first kappa shape index (κ1) is 19.5. The zero-order valence-electron chi connectivity index (χ0n) is 15.9. The first-order chi connectivity index (χ1) is 14.0. The predicted molar refractivity (Wildman–Crippen MR) is 117 cm³/mol. The van der Waals surface area contributed by atoms with E-state index in [0.29, 0.717) is 22.8 Å². The van der Waals surface area contributed by atoms with Gasteiger partial charge in [-0.05, 0) is 49.4 Å². The van der Waals surface area contributed by atoms with Crippen LogP contribution in [-0.2, 0) is 4.79 Å². The lowest BCUT2D eigenvalue weighted by Gasteiger charge is -2.08. The third kappa shape index (κ3) is 4.28.